The number of nitrogens with two attached hydrogens (primary N) is 1. The van der Waals surface area contributed by atoms with E-state index in [-0.39, 0.29) is 11.3 Å². The molecule has 0 spiro atoms. The second kappa shape index (κ2) is 5.52. The predicted molar refractivity (Wildman–Crippen MR) is 70.4 cm³/mol. The van der Waals surface area contributed by atoms with Crippen molar-refractivity contribution in [3.05, 3.63) is 17.3 Å². The monoisotopic (exact) mass is 253 g/mol. The second-order valence-electron chi connectivity index (χ2n) is 5.34. The number of hydrogen-bond donors (Lipinski definition) is 1. The summed E-state index contributed by atoms with van der Waals surface area (Å²) in [5.74, 6) is 0.740. The molecule has 0 saturated heterocycles. The van der Waals surface area contributed by atoms with Crippen LogP contribution in [0.3, 0.4) is 0 Å². The van der Waals surface area contributed by atoms with Gasteiger partial charge in [0.1, 0.15) is 0 Å². The number of rotatable bonds is 5. The van der Waals surface area contributed by atoms with Crippen LogP contribution < -0.4 is 5.73 Å². The maximum Gasteiger partial charge on any atom is 0.291 e. The fraction of sp³-hybridized carbons (Fsp3) is 0.692. The first-order valence-electron chi connectivity index (χ1n) is 6.24. The number of nitrogens with zero attached hydrogens (tertiary/aromatic N) is 2. The van der Waals surface area contributed by atoms with Gasteiger partial charge in [0.05, 0.1) is 5.69 Å². The van der Waals surface area contributed by atoms with Gasteiger partial charge in [-0.25, -0.2) is 4.98 Å². The lowest BCUT2D eigenvalue weighted by atomic mass is 9.93. The third-order valence-electron chi connectivity index (χ3n) is 2.94. The highest BCUT2D eigenvalue weighted by Crippen LogP contribution is 2.18. The van der Waals surface area contributed by atoms with E-state index in [2.05, 4.69) is 4.98 Å². The molecule has 1 rings (SSSR count). The first-order valence-corrected chi connectivity index (χ1v) is 6.24. The minimum atomic E-state index is -0.114. The maximum atomic E-state index is 12.4. The molecule has 0 saturated carbocycles. The van der Waals surface area contributed by atoms with Gasteiger partial charge < -0.3 is 15.1 Å². The van der Waals surface area contributed by atoms with Crippen molar-refractivity contribution >= 4 is 5.91 Å². The molecule has 1 amide bonds. The average molecular weight is 253 g/mol. The Balaban J connectivity index is 2.89. The molecule has 0 unspecified atom stereocenters. The summed E-state index contributed by atoms with van der Waals surface area (Å²) >= 11 is 0. The number of aryl methyl sites for hydroxylation is 2. The van der Waals surface area contributed by atoms with Crippen LogP contribution in [0.2, 0.25) is 0 Å². The van der Waals surface area contributed by atoms with Crippen molar-refractivity contribution in [3.8, 4) is 0 Å². The Hall–Kier alpha value is -1.36. The Morgan fingerprint density at radius 2 is 2.06 bits per heavy atom. The number of hydrogen-bond acceptors (Lipinski definition) is 4. The molecule has 1 aromatic heterocycles. The molecule has 18 heavy (non-hydrogen) atoms. The lowest BCUT2D eigenvalue weighted by Crippen LogP contribution is -2.42. The van der Waals surface area contributed by atoms with Gasteiger partial charge in [-0.2, -0.15) is 0 Å². The van der Waals surface area contributed by atoms with Crippen LogP contribution in [-0.2, 0) is 0 Å². The van der Waals surface area contributed by atoms with E-state index in [0.717, 1.165) is 0 Å². The fourth-order valence-electron chi connectivity index (χ4n) is 1.78. The quantitative estimate of drug-likeness (QED) is 0.867. The molecule has 5 heteroatoms. The molecule has 102 valence electrons. The summed E-state index contributed by atoms with van der Waals surface area (Å²) in [6.07, 6.45) is 0. The molecule has 0 atom stereocenters. The van der Waals surface area contributed by atoms with E-state index >= 15 is 0 Å². The summed E-state index contributed by atoms with van der Waals surface area (Å²) in [4.78, 5) is 18.2. The van der Waals surface area contributed by atoms with Crippen molar-refractivity contribution in [1.82, 2.24) is 9.88 Å². The minimum Gasteiger partial charge on any atom is -0.436 e. The summed E-state index contributed by atoms with van der Waals surface area (Å²) < 4.78 is 5.37. The molecule has 5 nitrogen and oxygen atoms in total. The lowest BCUT2D eigenvalue weighted by molar-refractivity contribution is 0.0666. The number of oxazole rings is 1. The molecule has 0 aliphatic carbocycles. The summed E-state index contributed by atoms with van der Waals surface area (Å²) in [5.41, 5.74) is 6.25. The van der Waals surface area contributed by atoms with E-state index in [9.17, 15) is 4.79 Å². The molecule has 2 N–H and O–H groups in total. The third kappa shape index (κ3) is 3.32. The predicted octanol–water partition coefficient (Wildman–Crippen LogP) is 1.74. The Bertz CT molecular complexity index is 424. The standard InChI is InChI=1S/C13H23N3O2/c1-6-16(8-13(4,5)7-14)12(17)11-9(2)15-10(3)18-11/h6-8,14H2,1-5H3. The molecule has 0 bridgehead atoms. The van der Waals surface area contributed by atoms with Crippen LogP contribution >= 0.6 is 0 Å². The molecular weight excluding hydrogens is 230 g/mol. The highest BCUT2D eigenvalue weighted by molar-refractivity contribution is 5.92. The van der Waals surface area contributed by atoms with Gasteiger partial charge in [0.2, 0.25) is 5.76 Å². The number of carbonyl (C=O) groups excluding carboxylic acids is 1. The lowest BCUT2D eigenvalue weighted by Gasteiger charge is -2.30. The Morgan fingerprint density at radius 3 is 2.44 bits per heavy atom. The van der Waals surface area contributed by atoms with E-state index < -0.39 is 0 Å². The minimum absolute atomic E-state index is 0.103. The zero-order valence-corrected chi connectivity index (χ0v) is 11.9. The van der Waals surface area contributed by atoms with Crippen LogP contribution in [-0.4, -0.2) is 35.4 Å². The molecule has 0 aliphatic heterocycles. The smallest absolute Gasteiger partial charge is 0.291 e. The van der Waals surface area contributed by atoms with Gasteiger partial charge in [-0.1, -0.05) is 13.8 Å². The van der Waals surface area contributed by atoms with Crippen LogP contribution in [0.15, 0.2) is 4.42 Å². The average Bonchev–Trinajstić information content (AvgIpc) is 2.64. The normalized spacial score (nSPS) is 11.7. The topological polar surface area (TPSA) is 72.4 Å². The molecule has 1 heterocycles. The molecular formula is C13H23N3O2. The second-order valence-corrected chi connectivity index (χ2v) is 5.34. The van der Waals surface area contributed by atoms with Crippen LogP contribution in [0.1, 0.15) is 42.9 Å². The van der Waals surface area contributed by atoms with Gasteiger partial charge in [-0.3, -0.25) is 4.79 Å². The Labute approximate surface area is 108 Å². The highest BCUT2D eigenvalue weighted by atomic mass is 16.4. The largest absolute Gasteiger partial charge is 0.436 e. The van der Waals surface area contributed by atoms with Gasteiger partial charge in [0.15, 0.2) is 5.89 Å². The molecule has 0 radical (unpaired) electrons. The van der Waals surface area contributed by atoms with Crippen molar-refractivity contribution in [2.75, 3.05) is 19.6 Å². The fourth-order valence-corrected chi connectivity index (χ4v) is 1.78. The van der Waals surface area contributed by atoms with Gasteiger partial charge in [0, 0.05) is 20.0 Å². The molecule has 0 fully saturated rings. The van der Waals surface area contributed by atoms with Crippen molar-refractivity contribution < 1.29 is 9.21 Å². The summed E-state index contributed by atoms with van der Waals surface area (Å²) in [6, 6.07) is 0. The number of carbonyl (C=O) groups is 1. The SMILES string of the molecule is CCN(CC(C)(C)CN)C(=O)c1oc(C)nc1C. The van der Waals surface area contributed by atoms with Crippen molar-refractivity contribution in [3.63, 3.8) is 0 Å². The van der Waals surface area contributed by atoms with Gasteiger partial charge in [-0.15, -0.1) is 0 Å². The van der Waals surface area contributed by atoms with Crippen molar-refractivity contribution in [1.29, 1.82) is 0 Å². The van der Waals surface area contributed by atoms with E-state index in [4.69, 9.17) is 10.2 Å². The van der Waals surface area contributed by atoms with Crippen LogP contribution in [0.5, 0.6) is 0 Å². The van der Waals surface area contributed by atoms with Gasteiger partial charge in [0.25, 0.3) is 5.91 Å². The zero-order valence-electron chi connectivity index (χ0n) is 11.9. The van der Waals surface area contributed by atoms with Gasteiger partial charge in [-0.05, 0) is 25.8 Å². The summed E-state index contributed by atoms with van der Waals surface area (Å²) in [6.45, 7) is 11.3. The molecule has 0 aliphatic rings. The maximum absolute atomic E-state index is 12.4. The van der Waals surface area contributed by atoms with Crippen molar-refractivity contribution in [2.45, 2.75) is 34.6 Å². The van der Waals surface area contributed by atoms with Crippen LogP contribution in [0.25, 0.3) is 0 Å². The number of amides is 1. The zero-order chi connectivity index (χ0) is 13.9. The highest BCUT2D eigenvalue weighted by Gasteiger charge is 2.26. The summed E-state index contributed by atoms with van der Waals surface area (Å²) in [7, 11) is 0. The molecule has 0 aromatic carbocycles. The van der Waals surface area contributed by atoms with Gasteiger partial charge >= 0.3 is 0 Å². The first kappa shape index (κ1) is 14.7. The van der Waals surface area contributed by atoms with E-state index in [1.165, 1.54) is 0 Å². The number of aromatic nitrogens is 1. The Morgan fingerprint density at radius 1 is 1.44 bits per heavy atom. The third-order valence-corrected chi connectivity index (χ3v) is 2.94. The van der Waals surface area contributed by atoms with E-state index in [1.807, 2.05) is 20.8 Å². The Kier molecular flexibility index (Phi) is 4.51. The van der Waals surface area contributed by atoms with Crippen molar-refractivity contribution in [2.24, 2.45) is 11.1 Å². The van der Waals surface area contributed by atoms with Crippen LogP contribution in [0, 0.1) is 19.3 Å². The van der Waals surface area contributed by atoms with E-state index in [1.54, 1.807) is 18.7 Å². The van der Waals surface area contributed by atoms with Crippen LogP contribution in [0.4, 0.5) is 0 Å². The van der Waals surface area contributed by atoms with E-state index in [0.29, 0.717) is 37.0 Å². The molecule has 1 aromatic rings. The first-order chi connectivity index (χ1) is 8.30. The summed E-state index contributed by atoms with van der Waals surface area (Å²) in [5, 5.41) is 0.